The van der Waals surface area contributed by atoms with Crippen LogP contribution in [0.2, 0.25) is 0 Å². The lowest BCUT2D eigenvalue weighted by Gasteiger charge is -2.35. The third-order valence-electron chi connectivity index (χ3n) is 4.70. The van der Waals surface area contributed by atoms with Crippen molar-refractivity contribution in [1.82, 2.24) is 15.5 Å². The second-order valence-electron chi connectivity index (χ2n) is 6.35. The van der Waals surface area contributed by atoms with Gasteiger partial charge in [0, 0.05) is 19.1 Å². The number of carboxylic acid groups (broad SMARTS) is 1. The first-order valence-corrected chi connectivity index (χ1v) is 8.03. The molecule has 1 atom stereocenters. The quantitative estimate of drug-likeness (QED) is 0.730. The predicted octanol–water partition coefficient (Wildman–Crippen LogP) is 1.27. The van der Waals surface area contributed by atoms with Crippen LogP contribution < -0.4 is 10.6 Å². The van der Waals surface area contributed by atoms with E-state index in [4.69, 9.17) is 5.11 Å². The lowest BCUT2D eigenvalue weighted by Crippen LogP contribution is -2.50. The van der Waals surface area contributed by atoms with Crippen molar-refractivity contribution in [2.24, 2.45) is 11.8 Å². The Bertz CT molecular complexity index is 365. The molecular formula is C15H27N3O3. The molecule has 6 nitrogen and oxygen atoms in total. The Kier molecular flexibility index (Phi) is 5.85. The van der Waals surface area contributed by atoms with Gasteiger partial charge in [-0.15, -0.1) is 0 Å². The Labute approximate surface area is 126 Å². The summed E-state index contributed by atoms with van der Waals surface area (Å²) in [6, 6.07) is 0.160. The monoisotopic (exact) mass is 297 g/mol. The number of carbonyl (C=O) groups excluding carboxylic acids is 1. The molecule has 2 amide bonds. The molecule has 1 saturated carbocycles. The summed E-state index contributed by atoms with van der Waals surface area (Å²) in [7, 11) is 1.94. The summed E-state index contributed by atoms with van der Waals surface area (Å²) in [5, 5.41) is 15.3. The minimum absolute atomic E-state index is 0.0228. The number of likely N-dealkylation sites (tertiary alicyclic amines) is 1. The van der Waals surface area contributed by atoms with E-state index in [0.29, 0.717) is 18.8 Å². The first-order chi connectivity index (χ1) is 10.1. The van der Waals surface area contributed by atoms with Gasteiger partial charge in [0.05, 0.1) is 5.92 Å². The summed E-state index contributed by atoms with van der Waals surface area (Å²) in [5.41, 5.74) is 0. The van der Waals surface area contributed by atoms with Gasteiger partial charge >= 0.3 is 12.0 Å². The molecule has 0 spiro atoms. The maximum Gasteiger partial charge on any atom is 0.317 e. The zero-order chi connectivity index (χ0) is 15.2. The Balaban J connectivity index is 1.75. The highest BCUT2D eigenvalue weighted by Crippen LogP contribution is 2.25. The van der Waals surface area contributed by atoms with E-state index in [2.05, 4.69) is 10.6 Å². The lowest BCUT2D eigenvalue weighted by molar-refractivity contribution is -0.142. The minimum atomic E-state index is -0.703. The van der Waals surface area contributed by atoms with E-state index in [9.17, 15) is 9.59 Å². The zero-order valence-electron chi connectivity index (χ0n) is 12.8. The molecule has 120 valence electrons. The highest BCUT2D eigenvalue weighted by Gasteiger charge is 2.29. The molecule has 21 heavy (non-hydrogen) atoms. The molecule has 0 aromatic rings. The molecule has 6 heteroatoms. The number of piperidine rings is 1. The average molecular weight is 297 g/mol. The third-order valence-corrected chi connectivity index (χ3v) is 4.70. The van der Waals surface area contributed by atoms with E-state index < -0.39 is 5.97 Å². The molecule has 0 aromatic carbocycles. The van der Waals surface area contributed by atoms with Gasteiger partial charge in [-0.25, -0.2) is 4.79 Å². The maximum absolute atomic E-state index is 12.3. The minimum Gasteiger partial charge on any atom is -0.481 e. The van der Waals surface area contributed by atoms with Crippen LogP contribution in [-0.4, -0.2) is 54.7 Å². The molecule has 1 saturated heterocycles. The van der Waals surface area contributed by atoms with Gasteiger partial charge in [0.1, 0.15) is 0 Å². The van der Waals surface area contributed by atoms with Crippen LogP contribution in [0.4, 0.5) is 4.79 Å². The van der Waals surface area contributed by atoms with Crippen LogP contribution >= 0.6 is 0 Å². The van der Waals surface area contributed by atoms with Gasteiger partial charge in [0.25, 0.3) is 0 Å². The fraction of sp³-hybridized carbons (Fsp3) is 0.867. The van der Waals surface area contributed by atoms with E-state index in [0.717, 1.165) is 38.9 Å². The fourth-order valence-electron chi connectivity index (χ4n) is 3.46. The number of carbonyl (C=O) groups is 2. The second kappa shape index (κ2) is 7.64. The van der Waals surface area contributed by atoms with Crippen LogP contribution in [0, 0.1) is 11.8 Å². The third kappa shape index (κ3) is 4.59. The van der Waals surface area contributed by atoms with Crippen molar-refractivity contribution in [3.63, 3.8) is 0 Å². The molecular weight excluding hydrogens is 270 g/mol. The summed E-state index contributed by atoms with van der Waals surface area (Å²) in [6.07, 6.45) is 5.12. The normalized spacial score (nSPS) is 30.0. The number of rotatable bonds is 4. The Morgan fingerprint density at radius 2 is 1.90 bits per heavy atom. The number of urea groups is 1. The van der Waals surface area contributed by atoms with E-state index in [1.54, 1.807) is 0 Å². The van der Waals surface area contributed by atoms with Crippen molar-refractivity contribution in [3.05, 3.63) is 0 Å². The number of hydrogen-bond donors (Lipinski definition) is 3. The van der Waals surface area contributed by atoms with Crippen LogP contribution in [0.1, 0.15) is 38.5 Å². The Hall–Kier alpha value is -1.30. The highest BCUT2D eigenvalue weighted by molar-refractivity contribution is 5.75. The molecule has 0 radical (unpaired) electrons. The lowest BCUT2D eigenvalue weighted by atomic mass is 9.86. The van der Waals surface area contributed by atoms with Crippen molar-refractivity contribution < 1.29 is 14.7 Å². The number of carboxylic acids is 1. The number of aliphatic carboxylic acids is 1. The molecule has 1 aliphatic heterocycles. The molecule has 2 rings (SSSR count). The van der Waals surface area contributed by atoms with E-state index in [1.165, 1.54) is 6.42 Å². The number of amides is 2. The zero-order valence-corrected chi connectivity index (χ0v) is 12.8. The van der Waals surface area contributed by atoms with Crippen LogP contribution in [0.3, 0.4) is 0 Å². The van der Waals surface area contributed by atoms with Gasteiger partial charge in [-0.3, -0.25) is 4.79 Å². The number of hydrogen-bond acceptors (Lipinski definition) is 3. The topological polar surface area (TPSA) is 81.7 Å². The van der Waals surface area contributed by atoms with Crippen molar-refractivity contribution in [2.75, 3.05) is 26.7 Å². The van der Waals surface area contributed by atoms with Gasteiger partial charge < -0.3 is 20.6 Å². The first kappa shape index (κ1) is 16.1. The molecule has 2 fully saturated rings. The molecule has 1 heterocycles. The van der Waals surface area contributed by atoms with E-state index in [-0.39, 0.29) is 18.0 Å². The SMILES string of the molecule is CNCC1CCCN(C(=O)NC2CCC(C(=O)O)CC2)C1. The van der Waals surface area contributed by atoms with Crippen LogP contribution in [-0.2, 0) is 4.79 Å². The Morgan fingerprint density at radius 3 is 2.52 bits per heavy atom. The number of nitrogens with one attached hydrogen (secondary N) is 2. The number of nitrogens with zero attached hydrogens (tertiary/aromatic N) is 1. The Morgan fingerprint density at radius 1 is 1.19 bits per heavy atom. The molecule has 1 unspecified atom stereocenters. The van der Waals surface area contributed by atoms with Gasteiger partial charge in [-0.05, 0) is 58.0 Å². The van der Waals surface area contributed by atoms with Crippen LogP contribution in [0.25, 0.3) is 0 Å². The summed E-state index contributed by atoms with van der Waals surface area (Å²) < 4.78 is 0. The average Bonchev–Trinajstić information content (AvgIpc) is 2.48. The summed E-state index contributed by atoms with van der Waals surface area (Å²) in [5.74, 6) is -0.392. The second-order valence-corrected chi connectivity index (χ2v) is 6.35. The summed E-state index contributed by atoms with van der Waals surface area (Å²) in [6.45, 7) is 2.60. The first-order valence-electron chi connectivity index (χ1n) is 8.03. The van der Waals surface area contributed by atoms with Gasteiger partial charge in [-0.2, -0.15) is 0 Å². The van der Waals surface area contributed by atoms with Gasteiger partial charge in [-0.1, -0.05) is 0 Å². The molecule has 3 N–H and O–H groups in total. The van der Waals surface area contributed by atoms with Gasteiger partial charge in [0.15, 0.2) is 0 Å². The van der Waals surface area contributed by atoms with Crippen molar-refractivity contribution in [2.45, 2.75) is 44.6 Å². The maximum atomic E-state index is 12.3. The molecule has 1 aliphatic carbocycles. The molecule has 0 bridgehead atoms. The molecule has 0 aromatic heterocycles. The molecule has 2 aliphatic rings. The van der Waals surface area contributed by atoms with Crippen LogP contribution in [0.5, 0.6) is 0 Å². The van der Waals surface area contributed by atoms with Crippen molar-refractivity contribution >= 4 is 12.0 Å². The predicted molar refractivity (Wildman–Crippen MR) is 80.1 cm³/mol. The smallest absolute Gasteiger partial charge is 0.317 e. The van der Waals surface area contributed by atoms with Crippen LogP contribution in [0.15, 0.2) is 0 Å². The van der Waals surface area contributed by atoms with Crippen molar-refractivity contribution in [3.8, 4) is 0 Å². The largest absolute Gasteiger partial charge is 0.481 e. The summed E-state index contributed by atoms with van der Waals surface area (Å²) >= 11 is 0. The highest BCUT2D eigenvalue weighted by atomic mass is 16.4. The van der Waals surface area contributed by atoms with Gasteiger partial charge in [0.2, 0.25) is 0 Å². The summed E-state index contributed by atoms with van der Waals surface area (Å²) in [4.78, 5) is 25.1. The van der Waals surface area contributed by atoms with E-state index >= 15 is 0 Å². The van der Waals surface area contributed by atoms with E-state index in [1.807, 2.05) is 11.9 Å². The standard InChI is InChI=1S/C15H27N3O3/c1-16-9-11-3-2-8-18(10-11)15(21)17-13-6-4-12(5-7-13)14(19)20/h11-13,16H,2-10H2,1H3,(H,17,21)(H,19,20). The van der Waals surface area contributed by atoms with Crippen molar-refractivity contribution in [1.29, 1.82) is 0 Å². The fourth-order valence-corrected chi connectivity index (χ4v) is 3.46.